The fourth-order valence-corrected chi connectivity index (χ4v) is 2.18. The lowest BCUT2D eigenvalue weighted by Crippen LogP contribution is -1.93. The van der Waals surface area contributed by atoms with Crippen LogP contribution in [0.25, 0.3) is 6.08 Å². The molecule has 0 nitrogen and oxygen atoms in total. The van der Waals surface area contributed by atoms with Crippen LogP contribution in [0.3, 0.4) is 0 Å². The summed E-state index contributed by atoms with van der Waals surface area (Å²) in [5.74, 6) is 0.690. The van der Waals surface area contributed by atoms with E-state index in [0.29, 0.717) is 5.92 Å². The molecule has 0 heteroatoms. The molecule has 0 aromatic heterocycles. The summed E-state index contributed by atoms with van der Waals surface area (Å²) in [5.41, 5.74) is 2.68. The summed E-state index contributed by atoms with van der Waals surface area (Å²) in [5, 5.41) is 0. The predicted octanol–water partition coefficient (Wildman–Crippen LogP) is 5.79. The van der Waals surface area contributed by atoms with E-state index in [-0.39, 0.29) is 0 Å². The van der Waals surface area contributed by atoms with Gasteiger partial charge in [-0.1, -0.05) is 82.9 Å². The van der Waals surface area contributed by atoms with Gasteiger partial charge in [-0.2, -0.15) is 0 Å². The van der Waals surface area contributed by atoms with E-state index in [1.807, 2.05) is 6.08 Å². The first-order chi connectivity index (χ1) is 8.27. The van der Waals surface area contributed by atoms with Crippen molar-refractivity contribution in [3.8, 4) is 0 Å². The zero-order valence-electron chi connectivity index (χ0n) is 11.4. The van der Waals surface area contributed by atoms with Gasteiger partial charge in [0.2, 0.25) is 0 Å². The molecule has 0 N–H and O–H groups in total. The Kier molecular flexibility index (Phi) is 6.69. The van der Waals surface area contributed by atoms with Crippen molar-refractivity contribution in [2.45, 2.75) is 58.3 Å². The van der Waals surface area contributed by atoms with Crippen LogP contribution in [0.1, 0.15) is 69.4 Å². The van der Waals surface area contributed by atoms with Crippen molar-refractivity contribution in [3.63, 3.8) is 0 Å². The maximum atomic E-state index is 3.78. The van der Waals surface area contributed by atoms with Crippen LogP contribution < -0.4 is 0 Å². The van der Waals surface area contributed by atoms with E-state index in [1.54, 1.807) is 0 Å². The van der Waals surface area contributed by atoms with Gasteiger partial charge < -0.3 is 0 Å². The third kappa shape index (κ3) is 5.21. The van der Waals surface area contributed by atoms with Crippen molar-refractivity contribution in [2.75, 3.05) is 0 Å². The van der Waals surface area contributed by atoms with Crippen LogP contribution >= 0.6 is 0 Å². The Labute approximate surface area is 107 Å². The molecule has 17 heavy (non-hydrogen) atoms. The average Bonchev–Trinajstić information content (AvgIpc) is 2.38. The van der Waals surface area contributed by atoms with Crippen LogP contribution in [0, 0.1) is 0 Å². The molecular formula is C17H26. The molecule has 0 heterocycles. The minimum Gasteiger partial charge on any atom is -0.0985 e. The molecule has 0 radical (unpaired) electrons. The molecule has 94 valence electrons. The smallest absolute Gasteiger partial charge is 0.0190 e. The summed E-state index contributed by atoms with van der Waals surface area (Å²) >= 11 is 0. The average molecular weight is 230 g/mol. The monoisotopic (exact) mass is 230 g/mol. The molecule has 1 aromatic carbocycles. The first-order valence-corrected chi connectivity index (χ1v) is 7.00. The molecule has 0 aliphatic heterocycles. The van der Waals surface area contributed by atoms with E-state index in [2.05, 4.69) is 44.7 Å². The van der Waals surface area contributed by atoms with E-state index in [4.69, 9.17) is 0 Å². The van der Waals surface area contributed by atoms with Gasteiger partial charge in [0, 0.05) is 0 Å². The molecular weight excluding hydrogens is 204 g/mol. The molecule has 0 bridgehead atoms. The van der Waals surface area contributed by atoms with Gasteiger partial charge in [0.1, 0.15) is 0 Å². The second kappa shape index (κ2) is 8.11. The summed E-state index contributed by atoms with van der Waals surface area (Å²) in [6.07, 6.45) is 10.1. The van der Waals surface area contributed by atoms with Gasteiger partial charge in [0.25, 0.3) is 0 Å². The van der Waals surface area contributed by atoms with Crippen molar-refractivity contribution in [1.29, 1.82) is 0 Å². The number of benzene rings is 1. The summed E-state index contributed by atoms with van der Waals surface area (Å²) < 4.78 is 0. The Morgan fingerprint density at radius 1 is 1.06 bits per heavy atom. The molecule has 1 rings (SSSR count). The Bertz CT molecular complexity index is 307. The normalized spacial score (nSPS) is 12.4. The number of rotatable bonds is 8. The Morgan fingerprint density at radius 3 is 2.29 bits per heavy atom. The standard InChI is InChI=1S/C17H26/c1-4-6-7-8-9-10-15(3)17-13-11-16(5-2)12-14-17/h5,11-15H,2,4,6-10H2,1,3H3. The summed E-state index contributed by atoms with van der Waals surface area (Å²) in [4.78, 5) is 0. The lowest BCUT2D eigenvalue weighted by atomic mass is 9.94. The molecule has 0 saturated carbocycles. The molecule has 1 atom stereocenters. The first-order valence-electron chi connectivity index (χ1n) is 7.00. The van der Waals surface area contributed by atoms with Crippen molar-refractivity contribution >= 4 is 6.08 Å². The highest BCUT2D eigenvalue weighted by Gasteiger charge is 2.04. The Balaban J connectivity index is 2.30. The summed E-state index contributed by atoms with van der Waals surface area (Å²) in [6.45, 7) is 8.39. The van der Waals surface area contributed by atoms with Gasteiger partial charge in [-0.3, -0.25) is 0 Å². The van der Waals surface area contributed by atoms with Crippen molar-refractivity contribution in [2.24, 2.45) is 0 Å². The minimum absolute atomic E-state index is 0.690. The van der Waals surface area contributed by atoms with Gasteiger partial charge >= 0.3 is 0 Å². The maximum Gasteiger partial charge on any atom is -0.0190 e. The van der Waals surface area contributed by atoms with Crippen molar-refractivity contribution in [1.82, 2.24) is 0 Å². The van der Waals surface area contributed by atoms with Crippen LogP contribution in [0.5, 0.6) is 0 Å². The number of unbranched alkanes of at least 4 members (excludes halogenated alkanes) is 4. The molecule has 1 unspecified atom stereocenters. The van der Waals surface area contributed by atoms with Crippen LogP contribution in [0.15, 0.2) is 30.8 Å². The fourth-order valence-electron chi connectivity index (χ4n) is 2.18. The van der Waals surface area contributed by atoms with E-state index >= 15 is 0 Å². The molecule has 0 saturated heterocycles. The van der Waals surface area contributed by atoms with Crippen molar-refractivity contribution in [3.05, 3.63) is 42.0 Å². The molecule has 0 aliphatic rings. The van der Waals surface area contributed by atoms with Crippen LogP contribution in [-0.4, -0.2) is 0 Å². The Hall–Kier alpha value is -1.04. The molecule has 1 aromatic rings. The fraction of sp³-hybridized carbons (Fsp3) is 0.529. The largest absolute Gasteiger partial charge is 0.0985 e. The minimum atomic E-state index is 0.690. The van der Waals surface area contributed by atoms with Gasteiger partial charge in [-0.25, -0.2) is 0 Å². The van der Waals surface area contributed by atoms with Crippen molar-refractivity contribution < 1.29 is 0 Å². The van der Waals surface area contributed by atoms with Crippen LogP contribution in [-0.2, 0) is 0 Å². The zero-order chi connectivity index (χ0) is 12.5. The summed E-state index contributed by atoms with van der Waals surface area (Å²) in [6, 6.07) is 8.81. The summed E-state index contributed by atoms with van der Waals surface area (Å²) in [7, 11) is 0. The van der Waals surface area contributed by atoms with Gasteiger partial charge in [-0.15, -0.1) is 0 Å². The lowest BCUT2D eigenvalue weighted by molar-refractivity contribution is 0.567. The van der Waals surface area contributed by atoms with Crippen LogP contribution in [0.2, 0.25) is 0 Å². The highest BCUT2D eigenvalue weighted by molar-refractivity contribution is 5.47. The third-order valence-corrected chi connectivity index (χ3v) is 3.48. The predicted molar refractivity (Wildman–Crippen MR) is 78.3 cm³/mol. The first kappa shape index (κ1) is 14.0. The topological polar surface area (TPSA) is 0 Å². The van der Waals surface area contributed by atoms with Gasteiger partial charge in [-0.05, 0) is 23.5 Å². The second-order valence-electron chi connectivity index (χ2n) is 4.97. The quantitative estimate of drug-likeness (QED) is 0.495. The van der Waals surface area contributed by atoms with E-state index < -0.39 is 0 Å². The Morgan fingerprint density at radius 2 is 1.71 bits per heavy atom. The molecule has 0 aliphatic carbocycles. The zero-order valence-corrected chi connectivity index (χ0v) is 11.4. The number of hydrogen-bond acceptors (Lipinski definition) is 0. The van der Waals surface area contributed by atoms with Gasteiger partial charge in [0.05, 0.1) is 0 Å². The SMILES string of the molecule is C=Cc1ccc(C(C)CCCCCCC)cc1. The molecule has 0 fully saturated rings. The maximum absolute atomic E-state index is 3.78. The highest BCUT2D eigenvalue weighted by Crippen LogP contribution is 2.22. The van der Waals surface area contributed by atoms with E-state index in [9.17, 15) is 0 Å². The van der Waals surface area contributed by atoms with Crippen LogP contribution in [0.4, 0.5) is 0 Å². The highest BCUT2D eigenvalue weighted by atomic mass is 14.1. The third-order valence-electron chi connectivity index (χ3n) is 3.48. The van der Waals surface area contributed by atoms with E-state index in [0.717, 1.165) is 0 Å². The molecule has 0 spiro atoms. The number of hydrogen-bond donors (Lipinski definition) is 0. The second-order valence-corrected chi connectivity index (χ2v) is 4.97. The molecule has 0 amide bonds. The van der Waals surface area contributed by atoms with E-state index in [1.165, 1.54) is 49.7 Å². The van der Waals surface area contributed by atoms with Gasteiger partial charge in [0.15, 0.2) is 0 Å². The lowest BCUT2D eigenvalue weighted by Gasteiger charge is -2.12.